The van der Waals surface area contributed by atoms with Crippen LogP contribution in [-0.2, 0) is 17.8 Å². The number of carbonyl (C=O) groups is 1. The van der Waals surface area contributed by atoms with Gasteiger partial charge in [0.2, 0.25) is 5.91 Å². The zero-order chi connectivity index (χ0) is 23.9. The normalized spacial score (nSPS) is 18.4. The maximum Gasteiger partial charge on any atom is 0.224 e. The monoisotopic (exact) mass is 460 g/mol. The van der Waals surface area contributed by atoms with Gasteiger partial charge in [-0.2, -0.15) is 0 Å². The van der Waals surface area contributed by atoms with Gasteiger partial charge in [0, 0.05) is 26.2 Å². The summed E-state index contributed by atoms with van der Waals surface area (Å²) in [4.78, 5) is 15.5. The summed E-state index contributed by atoms with van der Waals surface area (Å²) in [6.07, 6.45) is 1.53. The van der Waals surface area contributed by atoms with E-state index >= 15 is 0 Å². The lowest BCUT2D eigenvalue weighted by molar-refractivity contribution is -0.127. The number of likely N-dealkylation sites (tertiary alicyclic amines) is 1. The molecule has 5 heteroatoms. The number of piperidine rings is 1. The van der Waals surface area contributed by atoms with Crippen LogP contribution in [0.4, 0.5) is 4.39 Å². The lowest BCUT2D eigenvalue weighted by Gasteiger charge is -2.37. The first kappa shape index (κ1) is 24.0. The van der Waals surface area contributed by atoms with Gasteiger partial charge >= 0.3 is 0 Å². The molecule has 0 spiro atoms. The smallest absolute Gasteiger partial charge is 0.224 e. The van der Waals surface area contributed by atoms with Crippen molar-refractivity contribution in [2.75, 3.05) is 26.7 Å². The van der Waals surface area contributed by atoms with Crippen molar-refractivity contribution in [3.05, 3.63) is 101 Å². The summed E-state index contributed by atoms with van der Waals surface area (Å²) in [6.45, 7) is 4.81. The van der Waals surface area contributed by atoms with Gasteiger partial charge in [-0.15, -0.1) is 0 Å². The van der Waals surface area contributed by atoms with Crippen LogP contribution in [0.15, 0.2) is 72.8 Å². The van der Waals surface area contributed by atoms with E-state index in [1.54, 1.807) is 19.2 Å². The molecule has 3 aromatic carbocycles. The summed E-state index contributed by atoms with van der Waals surface area (Å²) in [7, 11) is 1.66. The quantitative estimate of drug-likeness (QED) is 0.508. The molecule has 0 bridgehead atoms. The fourth-order valence-corrected chi connectivity index (χ4v) is 4.94. The van der Waals surface area contributed by atoms with Crippen molar-refractivity contribution < 1.29 is 13.9 Å². The van der Waals surface area contributed by atoms with Crippen LogP contribution < -0.4 is 10.1 Å². The van der Waals surface area contributed by atoms with Crippen LogP contribution in [0.25, 0.3) is 0 Å². The Morgan fingerprint density at radius 2 is 1.88 bits per heavy atom. The molecular formula is C29H33FN2O2. The Labute approximate surface area is 201 Å². The predicted octanol–water partition coefficient (Wildman–Crippen LogP) is 5.11. The van der Waals surface area contributed by atoms with Gasteiger partial charge in [-0.05, 0) is 60.6 Å². The molecule has 1 saturated heterocycles. The topological polar surface area (TPSA) is 41.6 Å². The van der Waals surface area contributed by atoms with E-state index in [9.17, 15) is 9.18 Å². The van der Waals surface area contributed by atoms with Crippen LogP contribution in [0.2, 0.25) is 0 Å². The van der Waals surface area contributed by atoms with E-state index < -0.39 is 0 Å². The van der Waals surface area contributed by atoms with Crippen LogP contribution in [-0.4, -0.2) is 37.6 Å². The molecule has 34 heavy (non-hydrogen) atoms. The number of nitrogens with one attached hydrogen (secondary N) is 1. The first-order valence-corrected chi connectivity index (χ1v) is 11.9. The van der Waals surface area contributed by atoms with Crippen molar-refractivity contribution in [2.45, 2.75) is 32.2 Å². The van der Waals surface area contributed by atoms with Crippen LogP contribution in [0, 0.1) is 18.7 Å². The maximum atomic E-state index is 13.8. The Morgan fingerprint density at radius 1 is 1.06 bits per heavy atom. The molecule has 3 aromatic rings. The number of carbonyl (C=O) groups excluding carboxylic acids is 1. The molecule has 0 aliphatic carbocycles. The highest BCUT2D eigenvalue weighted by Crippen LogP contribution is 2.32. The molecule has 1 aliphatic heterocycles. The van der Waals surface area contributed by atoms with Gasteiger partial charge in [0.05, 0.1) is 13.0 Å². The van der Waals surface area contributed by atoms with Crippen molar-refractivity contribution in [2.24, 2.45) is 5.92 Å². The number of aryl methyl sites for hydroxylation is 1. The highest BCUT2D eigenvalue weighted by molar-refractivity contribution is 5.79. The molecule has 1 heterocycles. The Bertz CT molecular complexity index is 1120. The van der Waals surface area contributed by atoms with E-state index in [2.05, 4.69) is 41.4 Å². The van der Waals surface area contributed by atoms with Crippen molar-refractivity contribution in [1.29, 1.82) is 0 Å². The minimum Gasteiger partial charge on any atom is -0.496 e. The molecule has 0 saturated carbocycles. The first-order valence-electron chi connectivity index (χ1n) is 11.9. The standard InChI is InChI=1S/C29H33FN2O2/c1-21-7-5-10-24(15-21)25-17-26(20-32(19-25)18-22-8-6-11-27(30)16-22)29(33)31-14-13-23-9-3-4-12-28(23)34-2/h3-12,15-16,25-26H,13-14,17-20H2,1-2H3,(H,31,33)/t25-,26-/m1/s1. The molecule has 1 N–H and O–H groups in total. The highest BCUT2D eigenvalue weighted by Gasteiger charge is 2.32. The number of methoxy groups -OCH3 is 1. The summed E-state index contributed by atoms with van der Waals surface area (Å²) < 4.78 is 19.2. The minimum atomic E-state index is -0.227. The number of hydrogen-bond donors (Lipinski definition) is 1. The number of hydrogen-bond acceptors (Lipinski definition) is 3. The zero-order valence-corrected chi connectivity index (χ0v) is 20.0. The molecule has 0 unspecified atom stereocenters. The second-order valence-corrected chi connectivity index (χ2v) is 9.22. The molecule has 1 fully saturated rings. The molecule has 4 rings (SSSR count). The number of rotatable bonds is 8. The third-order valence-corrected chi connectivity index (χ3v) is 6.59. The molecule has 1 aliphatic rings. The molecule has 1 amide bonds. The molecule has 4 nitrogen and oxygen atoms in total. The Morgan fingerprint density at radius 3 is 2.68 bits per heavy atom. The van der Waals surface area contributed by atoms with E-state index in [0.717, 1.165) is 36.3 Å². The number of halogens is 1. The van der Waals surface area contributed by atoms with Gasteiger partial charge < -0.3 is 10.1 Å². The average molecular weight is 461 g/mol. The highest BCUT2D eigenvalue weighted by atomic mass is 19.1. The summed E-state index contributed by atoms with van der Waals surface area (Å²) in [6, 6.07) is 23.2. The molecule has 0 radical (unpaired) electrons. The minimum absolute atomic E-state index is 0.0801. The van der Waals surface area contributed by atoms with Crippen LogP contribution in [0.3, 0.4) is 0 Å². The summed E-state index contributed by atoms with van der Waals surface area (Å²) in [5.74, 6) is 0.833. The van der Waals surface area contributed by atoms with Crippen molar-refractivity contribution in [3.63, 3.8) is 0 Å². The van der Waals surface area contributed by atoms with Gasteiger partial charge in [-0.3, -0.25) is 9.69 Å². The van der Waals surface area contributed by atoms with E-state index in [1.165, 1.54) is 17.2 Å². The predicted molar refractivity (Wildman–Crippen MR) is 133 cm³/mol. The fraction of sp³-hybridized carbons (Fsp3) is 0.345. The molecular weight excluding hydrogens is 427 g/mol. The number of benzene rings is 3. The lowest BCUT2D eigenvalue weighted by Crippen LogP contribution is -2.45. The fourth-order valence-electron chi connectivity index (χ4n) is 4.94. The second kappa shape index (κ2) is 11.3. The zero-order valence-electron chi connectivity index (χ0n) is 20.0. The van der Waals surface area contributed by atoms with Crippen molar-refractivity contribution in [1.82, 2.24) is 10.2 Å². The third kappa shape index (κ3) is 6.23. The van der Waals surface area contributed by atoms with Crippen LogP contribution >= 0.6 is 0 Å². The SMILES string of the molecule is COc1ccccc1CCNC(=O)[C@@H]1C[C@@H](c2cccc(C)c2)CN(Cc2cccc(F)c2)C1. The number of para-hydroxylation sites is 1. The van der Waals surface area contributed by atoms with Gasteiger partial charge in [0.1, 0.15) is 11.6 Å². The lowest BCUT2D eigenvalue weighted by atomic mass is 9.83. The first-order chi connectivity index (χ1) is 16.5. The summed E-state index contributed by atoms with van der Waals surface area (Å²) >= 11 is 0. The largest absolute Gasteiger partial charge is 0.496 e. The molecule has 2 atom stereocenters. The number of nitrogens with zero attached hydrogens (tertiary/aromatic N) is 1. The Hall–Kier alpha value is -3.18. The molecule has 0 aromatic heterocycles. The number of ether oxygens (including phenoxy) is 1. The van der Waals surface area contributed by atoms with E-state index in [0.29, 0.717) is 19.6 Å². The van der Waals surface area contributed by atoms with Crippen molar-refractivity contribution in [3.8, 4) is 5.75 Å². The van der Waals surface area contributed by atoms with E-state index in [4.69, 9.17) is 4.74 Å². The van der Waals surface area contributed by atoms with Crippen LogP contribution in [0.1, 0.15) is 34.6 Å². The van der Waals surface area contributed by atoms with Gasteiger partial charge in [0.25, 0.3) is 0 Å². The Balaban J connectivity index is 1.45. The summed E-state index contributed by atoms with van der Waals surface area (Å²) in [5.41, 5.74) is 4.49. The van der Waals surface area contributed by atoms with Crippen molar-refractivity contribution >= 4 is 5.91 Å². The van der Waals surface area contributed by atoms with Gasteiger partial charge in [-0.25, -0.2) is 4.39 Å². The van der Waals surface area contributed by atoms with E-state index in [-0.39, 0.29) is 23.6 Å². The third-order valence-electron chi connectivity index (χ3n) is 6.59. The van der Waals surface area contributed by atoms with Gasteiger partial charge in [-0.1, -0.05) is 60.2 Å². The Kier molecular flexibility index (Phi) is 7.96. The van der Waals surface area contributed by atoms with E-state index in [1.807, 2.05) is 30.3 Å². The maximum absolute atomic E-state index is 13.8. The summed E-state index contributed by atoms with van der Waals surface area (Å²) in [5, 5.41) is 3.15. The average Bonchev–Trinajstić information content (AvgIpc) is 2.84. The molecule has 178 valence electrons. The number of amides is 1. The second-order valence-electron chi connectivity index (χ2n) is 9.22. The van der Waals surface area contributed by atoms with Crippen LogP contribution in [0.5, 0.6) is 5.75 Å². The van der Waals surface area contributed by atoms with Gasteiger partial charge in [0.15, 0.2) is 0 Å².